The van der Waals surface area contributed by atoms with Gasteiger partial charge in [-0.25, -0.2) is 4.79 Å². The highest BCUT2D eigenvalue weighted by molar-refractivity contribution is 9.10. The third kappa shape index (κ3) is 2.42. The second-order valence-electron chi connectivity index (χ2n) is 4.81. The number of fused-ring (bicyclic) bond motifs is 1. The quantitative estimate of drug-likeness (QED) is 0.756. The Bertz CT molecular complexity index is 815. The zero-order valence-electron chi connectivity index (χ0n) is 10.8. The van der Waals surface area contributed by atoms with Gasteiger partial charge in [-0.1, -0.05) is 28.1 Å². The summed E-state index contributed by atoms with van der Waals surface area (Å²) in [5.74, 6) is -0.455. The molecule has 1 aromatic heterocycles. The molecule has 20 heavy (non-hydrogen) atoms. The van der Waals surface area contributed by atoms with Crippen LogP contribution in [0, 0.1) is 6.92 Å². The molecule has 1 heterocycles. The number of rotatable bonds is 2. The van der Waals surface area contributed by atoms with Gasteiger partial charge in [0.25, 0.3) is 0 Å². The maximum Gasteiger partial charge on any atom is 0.417 e. The number of H-pyrrole nitrogens is 1. The molecule has 0 amide bonds. The van der Waals surface area contributed by atoms with Crippen LogP contribution in [-0.4, -0.2) is 4.98 Å². The number of halogens is 1. The van der Waals surface area contributed by atoms with Crippen LogP contribution in [0.5, 0.6) is 0 Å². The van der Waals surface area contributed by atoms with Gasteiger partial charge in [0, 0.05) is 4.47 Å². The van der Waals surface area contributed by atoms with Gasteiger partial charge < -0.3 is 10.2 Å². The number of oxazole rings is 1. The average Bonchev–Trinajstić information content (AvgIpc) is 2.75. The summed E-state index contributed by atoms with van der Waals surface area (Å²) in [6.07, 6.45) is 0. The van der Waals surface area contributed by atoms with Crippen molar-refractivity contribution in [3.05, 3.63) is 68.1 Å². The Morgan fingerprint density at radius 2 is 2.00 bits per heavy atom. The minimum atomic E-state index is -0.455. The van der Waals surface area contributed by atoms with E-state index >= 15 is 0 Å². The normalized spacial score (nSPS) is 12.8. The van der Waals surface area contributed by atoms with Gasteiger partial charge in [-0.15, -0.1) is 0 Å². The summed E-state index contributed by atoms with van der Waals surface area (Å²) in [6.45, 7) is 2.02. The van der Waals surface area contributed by atoms with E-state index in [4.69, 9.17) is 10.2 Å². The van der Waals surface area contributed by atoms with Crippen LogP contribution in [0.3, 0.4) is 0 Å². The summed E-state index contributed by atoms with van der Waals surface area (Å²) in [5, 5.41) is 0. The third-order valence-electron chi connectivity index (χ3n) is 3.23. The fourth-order valence-corrected chi connectivity index (χ4v) is 2.92. The first-order valence-electron chi connectivity index (χ1n) is 6.18. The van der Waals surface area contributed by atoms with E-state index in [1.54, 1.807) is 12.1 Å². The molecular weight excluding hydrogens is 320 g/mol. The van der Waals surface area contributed by atoms with Gasteiger partial charge >= 0.3 is 5.76 Å². The van der Waals surface area contributed by atoms with Crippen molar-refractivity contribution in [3.63, 3.8) is 0 Å². The van der Waals surface area contributed by atoms with Crippen molar-refractivity contribution in [1.82, 2.24) is 4.98 Å². The van der Waals surface area contributed by atoms with E-state index < -0.39 is 5.76 Å². The zero-order valence-corrected chi connectivity index (χ0v) is 12.4. The molecule has 3 N–H and O–H groups in total. The number of nitrogens with one attached hydrogen (secondary N) is 1. The van der Waals surface area contributed by atoms with E-state index in [2.05, 4.69) is 20.9 Å². The minimum absolute atomic E-state index is 0.268. The lowest BCUT2D eigenvalue weighted by Gasteiger charge is -2.13. The Morgan fingerprint density at radius 1 is 1.20 bits per heavy atom. The van der Waals surface area contributed by atoms with Crippen LogP contribution in [0.25, 0.3) is 11.1 Å². The second kappa shape index (κ2) is 4.92. The molecule has 1 unspecified atom stereocenters. The molecular formula is C15H13BrN2O2. The monoisotopic (exact) mass is 332 g/mol. The molecule has 0 fully saturated rings. The molecule has 0 aliphatic rings. The van der Waals surface area contributed by atoms with Gasteiger partial charge in [0.15, 0.2) is 5.58 Å². The fourth-order valence-electron chi connectivity index (χ4n) is 2.29. The van der Waals surface area contributed by atoms with E-state index in [-0.39, 0.29) is 6.04 Å². The number of aryl methyl sites for hydroxylation is 1. The third-order valence-corrected chi connectivity index (χ3v) is 3.69. The first kappa shape index (κ1) is 13.1. The van der Waals surface area contributed by atoms with Crippen molar-refractivity contribution in [2.45, 2.75) is 13.0 Å². The van der Waals surface area contributed by atoms with Crippen molar-refractivity contribution in [1.29, 1.82) is 0 Å². The lowest BCUT2D eigenvalue weighted by atomic mass is 9.98. The first-order valence-corrected chi connectivity index (χ1v) is 6.98. The molecule has 4 nitrogen and oxygen atoms in total. The van der Waals surface area contributed by atoms with Gasteiger partial charge in [-0.3, -0.25) is 4.98 Å². The summed E-state index contributed by atoms with van der Waals surface area (Å²) < 4.78 is 6.06. The Kier molecular flexibility index (Phi) is 3.23. The summed E-state index contributed by atoms with van der Waals surface area (Å²) in [4.78, 5) is 13.8. The molecule has 0 bridgehead atoms. The van der Waals surface area contributed by atoms with E-state index in [1.165, 1.54) is 0 Å². The summed E-state index contributed by atoms with van der Waals surface area (Å²) in [7, 11) is 0. The highest BCUT2D eigenvalue weighted by Crippen LogP contribution is 2.26. The molecule has 2 aromatic carbocycles. The smallest absolute Gasteiger partial charge is 0.408 e. The van der Waals surface area contributed by atoms with E-state index in [0.29, 0.717) is 11.1 Å². The van der Waals surface area contributed by atoms with Gasteiger partial charge in [0.05, 0.1) is 11.6 Å². The van der Waals surface area contributed by atoms with E-state index in [9.17, 15) is 4.79 Å². The number of hydrogen-bond acceptors (Lipinski definition) is 3. The molecule has 0 saturated heterocycles. The maximum absolute atomic E-state index is 11.2. The lowest BCUT2D eigenvalue weighted by molar-refractivity contribution is 0.555. The Balaban J connectivity index is 2.06. The van der Waals surface area contributed by atoms with Crippen molar-refractivity contribution in [2.24, 2.45) is 5.73 Å². The van der Waals surface area contributed by atoms with Crippen LogP contribution in [0.1, 0.15) is 22.7 Å². The van der Waals surface area contributed by atoms with Crippen molar-refractivity contribution in [2.75, 3.05) is 0 Å². The number of nitrogens with two attached hydrogens (primary N) is 1. The number of aromatic nitrogens is 1. The highest BCUT2D eigenvalue weighted by Gasteiger charge is 2.12. The van der Waals surface area contributed by atoms with E-state index in [0.717, 1.165) is 21.2 Å². The minimum Gasteiger partial charge on any atom is -0.408 e. The predicted octanol–water partition coefficient (Wildman–Crippen LogP) is 3.24. The Hall–Kier alpha value is -1.85. The maximum atomic E-state index is 11.2. The fraction of sp³-hybridized carbons (Fsp3) is 0.133. The highest BCUT2D eigenvalue weighted by atomic mass is 79.9. The molecule has 3 rings (SSSR count). The summed E-state index contributed by atoms with van der Waals surface area (Å²) in [5.41, 5.74) is 10.5. The van der Waals surface area contributed by atoms with Crippen LogP contribution in [0.4, 0.5) is 0 Å². The average molecular weight is 333 g/mol. The number of benzene rings is 2. The Morgan fingerprint density at radius 3 is 2.75 bits per heavy atom. The summed E-state index contributed by atoms with van der Waals surface area (Å²) in [6, 6.07) is 11.3. The van der Waals surface area contributed by atoms with Crippen molar-refractivity contribution in [3.8, 4) is 0 Å². The molecule has 3 aromatic rings. The molecule has 1 atom stereocenters. The largest absolute Gasteiger partial charge is 0.417 e. The number of aromatic amines is 1. The molecule has 5 heteroatoms. The van der Waals surface area contributed by atoms with Gasteiger partial charge in [-0.2, -0.15) is 0 Å². The van der Waals surface area contributed by atoms with Crippen LogP contribution >= 0.6 is 15.9 Å². The van der Waals surface area contributed by atoms with Crippen LogP contribution in [-0.2, 0) is 0 Å². The van der Waals surface area contributed by atoms with Gasteiger partial charge in [-0.05, 0) is 47.9 Å². The summed E-state index contributed by atoms with van der Waals surface area (Å²) >= 11 is 3.48. The molecule has 0 aliphatic heterocycles. The SMILES string of the molecule is Cc1cc(Br)cc(C(N)c2ccc3[nH]c(=O)oc3c2)c1. The van der Waals surface area contributed by atoms with Crippen LogP contribution < -0.4 is 11.5 Å². The van der Waals surface area contributed by atoms with Crippen LogP contribution in [0.2, 0.25) is 0 Å². The molecule has 102 valence electrons. The standard InChI is InChI=1S/C15H13BrN2O2/c1-8-4-10(6-11(16)5-8)14(17)9-2-3-12-13(7-9)20-15(19)18-12/h2-7,14H,17H2,1H3,(H,18,19). The number of hydrogen-bond donors (Lipinski definition) is 2. The first-order chi connectivity index (χ1) is 9.52. The second-order valence-corrected chi connectivity index (χ2v) is 5.73. The molecule has 0 aliphatic carbocycles. The molecule has 0 saturated carbocycles. The van der Waals surface area contributed by atoms with Crippen molar-refractivity contribution >= 4 is 27.0 Å². The zero-order chi connectivity index (χ0) is 14.3. The van der Waals surface area contributed by atoms with Crippen molar-refractivity contribution < 1.29 is 4.42 Å². The lowest BCUT2D eigenvalue weighted by Crippen LogP contribution is -2.11. The van der Waals surface area contributed by atoms with Gasteiger partial charge in [0.2, 0.25) is 0 Å². The molecule has 0 spiro atoms. The Labute approximate surface area is 123 Å². The molecule has 0 radical (unpaired) electrons. The predicted molar refractivity (Wildman–Crippen MR) is 81.7 cm³/mol. The van der Waals surface area contributed by atoms with Crippen LogP contribution in [0.15, 0.2) is 50.1 Å². The topological polar surface area (TPSA) is 72.0 Å². The van der Waals surface area contributed by atoms with Gasteiger partial charge in [0.1, 0.15) is 0 Å². The van der Waals surface area contributed by atoms with E-state index in [1.807, 2.05) is 31.2 Å².